The van der Waals surface area contributed by atoms with E-state index in [2.05, 4.69) is 10.3 Å². The van der Waals surface area contributed by atoms with Gasteiger partial charge in [0.05, 0.1) is 23.9 Å². The number of rotatable bonds is 4. The van der Waals surface area contributed by atoms with Crippen LogP contribution in [0.4, 0.5) is 5.69 Å². The second kappa shape index (κ2) is 6.17. The summed E-state index contributed by atoms with van der Waals surface area (Å²) in [4.78, 5) is 16.5. The third-order valence-corrected chi connectivity index (χ3v) is 3.48. The van der Waals surface area contributed by atoms with Crippen molar-refractivity contribution in [3.05, 3.63) is 75.3 Å². The Morgan fingerprint density at radius 3 is 2.91 bits per heavy atom. The topological polar surface area (TPSA) is 66.6 Å². The minimum Gasteiger partial charge on any atom is -0.392 e. The molecule has 3 aromatic rings. The number of hydrogen-bond acceptors (Lipinski definition) is 4. The average Bonchev–Trinajstić information content (AvgIpc) is 2.54. The zero-order valence-electron chi connectivity index (χ0n) is 11.7. The number of benzene rings is 1. The largest absolute Gasteiger partial charge is 0.392 e. The zero-order chi connectivity index (χ0) is 15.5. The average molecular weight is 316 g/mol. The highest BCUT2D eigenvalue weighted by molar-refractivity contribution is 6.30. The highest BCUT2D eigenvalue weighted by atomic mass is 35.5. The van der Waals surface area contributed by atoms with E-state index in [4.69, 9.17) is 16.7 Å². The molecule has 2 aromatic heterocycles. The molecule has 0 fully saturated rings. The predicted molar refractivity (Wildman–Crippen MR) is 86.2 cm³/mol. The van der Waals surface area contributed by atoms with Crippen molar-refractivity contribution in [1.29, 1.82) is 0 Å². The molecule has 0 aliphatic heterocycles. The molecule has 0 aliphatic rings. The summed E-state index contributed by atoms with van der Waals surface area (Å²) in [5.74, 6) is 0. The fourth-order valence-corrected chi connectivity index (χ4v) is 2.35. The number of pyridine rings is 1. The molecule has 6 heteroatoms. The number of nitrogens with zero attached hydrogens (tertiary/aromatic N) is 2. The van der Waals surface area contributed by atoms with Gasteiger partial charge in [0.15, 0.2) is 0 Å². The first-order chi connectivity index (χ1) is 10.7. The van der Waals surface area contributed by atoms with E-state index in [1.807, 2.05) is 24.3 Å². The fraction of sp³-hybridized carbons (Fsp3) is 0.125. The summed E-state index contributed by atoms with van der Waals surface area (Å²) >= 11 is 5.88. The van der Waals surface area contributed by atoms with E-state index >= 15 is 0 Å². The van der Waals surface area contributed by atoms with Crippen molar-refractivity contribution in [2.75, 3.05) is 5.32 Å². The Morgan fingerprint density at radius 2 is 2.09 bits per heavy atom. The SMILES string of the molecule is O=c1cc(CNc2cccc(CO)c2)nc2ccc(Cl)cn12. The molecule has 0 bridgehead atoms. The summed E-state index contributed by atoms with van der Waals surface area (Å²) in [6, 6.07) is 12.3. The van der Waals surface area contributed by atoms with Crippen molar-refractivity contribution >= 4 is 22.9 Å². The molecule has 1 aromatic carbocycles. The number of aliphatic hydroxyl groups is 1. The first kappa shape index (κ1) is 14.6. The van der Waals surface area contributed by atoms with E-state index in [1.165, 1.54) is 10.5 Å². The third-order valence-electron chi connectivity index (χ3n) is 3.26. The molecule has 0 saturated heterocycles. The van der Waals surface area contributed by atoms with Gasteiger partial charge in [-0.2, -0.15) is 0 Å². The maximum atomic E-state index is 12.1. The van der Waals surface area contributed by atoms with Crippen LogP contribution in [0.1, 0.15) is 11.3 Å². The molecule has 22 heavy (non-hydrogen) atoms. The molecule has 0 saturated carbocycles. The lowest BCUT2D eigenvalue weighted by atomic mass is 10.2. The molecule has 112 valence electrons. The first-order valence-corrected chi connectivity index (χ1v) is 7.15. The van der Waals surface area contributed by atoms with Gasteiger partial charge in [0.1, 0.15) is 5.65 Å². The zero-order valence-corrected chi connectivity index (χ0v) is 12.4. The third kappa shape index (κ3) is 3.10. The van der Waals surface area contributed by atoms with Gasteiger partial charge in [0, 0.05) is 18.0 Å². The summed E-state index contributed by atoms with van der Waals surface area (Å²) in [6.45, 7) is 0.412. The van der Waals surface area contributed by atoms with Gasteiger partial charge in [-0.25, -0.2) is 4.98 Å². The van der Waals surface area contributed by atoms with Gasteiger partial charge < -0.3 is 10.4 Å². The molecule has 2 N–H and O–H groups in total. The highest BCUT2D eigenvalue weighted by Gasteiger charge is 2.03. The van der Waals surface area contributed by atoms with E-state index in [1.54, 1.807) is 18.3 Å². The minimum atomic E-state index is -0.173. The van der Waals surface area contributed by atoms with E-state index in [0.29, 0.717) is 22.9 Å². The molecule has 2 heterocycles. The lowest BCUT2D eigenvalue weighted by Gasteiger charge is -2.08. The molecule has 0 spiro atoms. The quantitative estimate of drug-likeness (QED) is 0.776. The number of hydrogen-bond donors (Lipinski definition) is 2. The lowest BCUT2D eigenvalue weighted by molar-refractivity contribution is 0.282. The minimum absolute atomic E-state index is 0.00808. The van der Waals surface area contributed by atoms with E-state index in [0.717, 1.165) is 11.3 Å². The smallest absolute Gasteiger partial charge is 0.258 e. The Bertz CT molecular complexity index is 877. The van der Waals surface area contributed by atoms with Crippen molar-refractivity contribution in [3.8, 4) is 0 Å². The van der Waals surface area contributed by atoms with Gasteiger partial charge in [-0.05, 0) is 29.8 Å². The summed E-state index contributed by atoms with van der Waals surface area (Å²) in [5, 5.41) is 12.8. The van der Waals surface area contributed by atoms with Crippen molar-refractivity contribution < 1.29 is 5.11 Å². The highest BCUT2D eigenvalue weighted by Crippen LogP contribution is 2.12. The van der Waals surface area contributed by atoms with Crippen LogP contribution in [0, 0.1) is 0 Å². The molecule has 0 radical (unpaired) electrons. The number of anilines is 1. The van der Waals surface area contributed by atoms with Crippen LogP contribution in [0.3, 0.4) is 0 Å². The van der Waals surface area contributed by atoms with E-state index in [-0.39, 0.29) is 12.2 Å². The summed E-state index contributed by atoms with van der Waals surface area (Å²) in [5.41, 5.74) is 2.71. The predicted octanol–water partition coefficient (Wildman–Crippen LogP) is 2.45. The molecule has 0 unspecified atom stereocenters. The molecular weight excluding hydrogens is 302 g/mol. The second-order valence-corrected chi connectivity index (χ2v) is 5.31. The summed E-state index contributed by atoms with van der Waals surface area (Å²) < 4.78 is 1.41. The lowest BCUT2D eigenvalue weighted by Crippen LogP contribution is -2.16. The Labute approximate surface area is 131 Å². The van der Waals surface area contributed by atoms with Crippen LogP contribution in [-0.4, -0.2) is 14.5 Å². The summed E-state index contributed by atoms with van der Waals surface area (Å²) in [7, 11) is 0. The van der Waals surface area contributed by atoms with Crippen LogP contribution in [0.25, 0.3) is 5.65 Å². The van der Waals surface area contributed by atoms with Crippen LogP contribution < -0.4 is 10.9 Å². The molecule has 3 rings (SSSR count). The number of halogens is 1. The van der Waals surface area contributed by atoms with Gasteiger partial charge in [-0.15, -0.1) is 0 Å². The van der Waals surface area contributed by atoms with Crippen LogP contribution in [0.2, 0.25) is 5.02 Å². The molecule has 0 aliphatic carbocycles. The number of aliphatic hydroxyl groups excluding tert-OH is 1. The summed E-state index contributed by atoms with van der Waals surface area (Å²) in [6.07, 6.45) is 1.55. The maximum absolute atomic E-state index is 12.1. The Morgan fingerprint density at radius 1 is 1.23 bits per heavy atom. The Hall–Kier alpha value is -2.37. The number of nitrogens with one attached hydrogen (secondary N) is 1. The van der Waals surface area contributed by atoms with Crippen molar-refractivity contribution in [2.24, 2.45) is 0 Å². The van der Waals surface area contributed by atoms with Crippen LogP contribution in [0.5, 0.6) is 0 Å². The van der Waals surface area contributed by atoms with Gasteiger partial charge in [0.2, 0.25) is 0 Å². The Kier molecular flexibility index (Phi) is 4.09. The number of fused-ring (bicyclic) bond motifs is 1. The van der Waals surface area contributed by atoms with Gasteiger partial charge >= 0.3 is 0 Å². The van der Waals surface area contributed by atoms with Crippen molar-refractivity contribution in [1.82, 2.24) is 9.38 Å². The Balaban J connectivity index is 1.85. The van der Waals surface area contributed by atoms with Gasteiger partial charge in [-0.3, -0.25) is 9.20 Å². The maximum Gasteiger partial charge on any atom is 0.258 e. The van der Waals surface area contributed by atoms with Crippen LogP contribution in [0.15, 0.2) is 53.5 Å². The van der Waals surface area contributed by atoms with Gasteiger partial charge in [-0.1, -0.05) is 23.7 Å². The van der Waals surface area contributed by atoms with Crippen molar-refractivity contribution in [2.45, 2.75) is 13.2 Å². The van der Waals surface area contributed by atoms with Crippen LogP contribution >= 0.6 is 11.6 Å². The van der Waals surface area contributed by atoms with Crippen molar-refractivity contribution in [3.63, 3.8) is 0 Å². The molecular formula is C16H14ClN3O2. The molecule has 0 atom stereocenters. The van der Waals surface area contributed by atoms with Gasteiger partial charge in [0.25, 0.3) is 5.56 Å². The van der Waals surface area contributed by atoms with E-state index in [9.17, 15) is 4.79 Å². The molecule has 0 amide bonds. The normalized spacial score (nSPS) is 10.8. The number of aromatic nitrogens is 2. The first-order valence-electron chi connectivity index (χ1n) is 6.77. The van der Waals surface area contributed by atoms with Crippen LogP contribution in [-0.2, 0) is 13.2 Å². The molecule has 5 nitrogen and oxygen atoms in total. The fourth-order valence-electron chi connectivity index (χ4n) is 2.19. The van der Waals surface area contributed by atoms with E-state index < -0.39 is 0 Å². The second-order valence-electron chi connectivity index (χ2n) is 4.87. The monoisotopic (exact) mass is 315 g/mol. The standard InChI is InChI=1S/C16H14ClN3O2/c17-12-4-5-15-19-14(7-16(22)20(15)9-12)8-18-13-3-1-2-11(6-13)10-21/h1-7,9,18,21H,8,10H2.